The highest BCUT2D eigenvalue weighted by atomic mass is 35.5. The van der Waals surface area contributed by atoms with Crippen molar-refractivity contribution in [3.05, 3.63) is 70.2 Å². The summed E-state index contributed by atoms with van der Waals surface area (Å²) in [6.07, 6.45) is 1.63. The SMILES string of the molecule is CN(Cc1ccccc1N1CCOCC1)C(=O)c1cnc(-c2ccccc2Cl)s1. The molecule has 150 valence electrons. The van der Waals surface area contributed by atoms with Crippen LogP contribution >= 0.6 is 22.9 Å². The minimum atomic E-state index is -0.0439. The molecular formula is C22H22ClN3O2S. The van der Waals surface area contributed by atoms with Gasteiger partial charge in [0.1, 0.15) is 9.88 Å². The summed E-state index contributed by atoms with van der Waals surface area (Å²) in [4.78, 5) is 22.1. The largest absolute Gasteiger partial charge is 0.378 e. The quantitative estimate of drug-likeness (QED) is 0.598. The first-order chi connectivity index (χ1) is 14.1. The van der Waals surface area contributed by atoms with Crippen molar-refractivity contribution in [2.75, 3.05) is 38.3 Å². The fourth-order valence-electron chi connectivity index (χ4n) is 3.40. The molecule has 1 aromatic heterocycles. The fraction of sp³-hybridized carbons (Fsp3) is 0.273. The van der Waals surface area contributed by atoms with Gasteiger partial charge in [0.15, 0.2) is 0 Å². The lowest BCUT2D eigenvalue weighted by atomic mass is 10.1. The lowest BCUT2D eigenvalue weighted by Crippen LogP contribution is -2.37. The lowest BCUT2D eigenvalue weighted by Gasteiger charge is -2.31. The molecule has 0 atom stereocenters. The number of hydrogen-bond acceptors (Lipinski definition) is 5. The van der Waals surface area contributed by atoms with Gasteiger partial charge < -0.3 is 14.5 Å². The number of ether oxygens (including phenoxy) is 1. The van der Waals surface area contributed by atoms with E-state index < -0.39 is 0 Å². The molecule has 4 rings (SSSR count). The normalized spacial score (nSPS) is 14.1. The number of carbonyl (C=O) groups is 1. The van der Waals surface area contributed by atoms with Crippen molar-refractivity contribution < 1.29 is 9.53 Å². The molecule has 0 bridgehead atoms. The van der Waals surface area contributed by atoms with Crippen molar-refractivity contribution in [1.29, 1.82) is 0 Å². The Morgan fingerprint density at radius 1 is 1.17 bits per heavy atom. The standard InChI is InChI=1S/C22H22ClN3O2S/c1-25(15-16-6-2-5-9-19(16)26-10-12-28-13-11-26)22(27)20-14-24-21(29-20)17-7-3-4-8-18(17)23/h2-9,14H,10-13,15H2,1H3. The zero-order valence-corrected chi connectivity index (χ0v) is 17.7. The van der Waals surface area contributed by atoms with E-state index in [0.717, 1.165) is 48.1 Å². The molecule has 1 fully saturated rings. The zero-order chi connectivity index (χ0) is 20.2. The Hall–Kier alpha value is -2.41. The van der Waals surface area contributed by atoms with Gasteiger partial charge in [-0.2, -0.15) is 0 Å². The Balaban J connectivity index is 1.50. The number of halogens is 1. The Morgan fingerprint density at radius 2 is 1.90 bits per heavy atom. The zero-order valence-electron chi connectivity index (χ0n) is 16.2. The molecule has 3 aromatic rings. The number of aromatic nitrogens is 1. The molecule has 0 saturated carbocycles. The number of benzene rings is 2. The van der Waals surface area contributed by atoms with Crippen LogP contribution in [0.3, 0.4) is 0 Å². The van der Waals surface area contributed by atoms with E-state index in [9.17, 15) is 4.79 Å². The van der Waals surface area contributed by atoms with Gasteiger partial charge in [0.25, 0.3) is 5.91 Å². The minimum absolute atomic E-state index is 0.0439. The number of anilines is 1. The van der Waals surface area contributed by atoms with Crippen LogP contribution in [0.2, 0.25) is 5.02 Å². The van der Waals surface area contributed by atoms with Gasteiger partial charge in [0, 0.05) is 37.9 Å². The molecule has 1 aliphatic rings. The molecule has 2 heterocycles. The Kier molecular flexibility index (Phi) is 6.13. The molecule has 0 unspecified atom stereocenters. The molecule has 5 nitrogen and oxygen atoms in total. The van der Waals surface area contributed by atoms with Gasteiger partial charge in [-0.15, -0.1) is 11.3 Å². The summed E-state index contributed by atoms with van der Waals surface area (Å²) >= 11 is 7.63. The van der Waals surface area contributed by atoms with E-state index in [-0.39, 0.29) is 5.91 Å². The van der Waals surface area contributed by atoms with Crippen molar-refractivity contribution in [3.63, 3.8) is 0 Å². The molecule has 7 heteroatoms. The third-order valence-corrected chi connectivity index (χ3v) is 6.27. The van der Waals surface area contributed by atoms with Gasteiger partial charge in [-0.3, -0.25) is 4.79 Å². The highest BCUT2D eigenvalue weighted by Gasteiger charge is 2.20. The van der Waals surface area contributed by atoms with E-state index >= 15 is 0 Å². The summed E-state index contributed by atoms with van der Waals surface area (Å²) in [5.74, 6) is -0.0439. The summed E-state index contributed by atoms with van der Waals surface area (Å²) in [6.45, 7) is 3.73. The number of rotatable bonds is 5. The highest BCUT2D eigenvalue weighted by molar-refractivity contribution is 7.17. The van der Waals surface area contributed by atoms with Crippen LogP contribution in [0.25, 0.3) is 10.6 Å². The maximum absolute atomic E-state index is 13.0. The van der Waals surface area contributed by atoms with Gasteiger partial charge in [-0.25, -0.2) is 4.98 Å². The summed E-state index contributed by atoms with van der Waals surface area (Å²) in [5, 5.41) is 1.38. The molecular weight excluding hydrogens is 406 g/mol. The number of morpholine rings is 1. The Morgan fingerprint density at radius 3 is 2.69 bits per heavy atom. The second-order valence-corrected chi connectivity index (χ2v) is 8.34. The third-order valence-electron chi connectivity index (χ3n) is 4.92. The molecule has 1 amide bonds. The Labute approximate surface area is 179 Å². The molecule has 0 spiro atoms. The average Bonchev–Trinajstić information content (AvgIpc) is 3.24. The number of thiazole rings is 1. The first-order valence-electron chi connectivity index (χ1n) is 9.50. The van der Waals surface area contributed by atoms with Gasteiger partial charge in [-0.05, 0) is 17.7 Å². The van der Waals surface area contributed by atoms with Crippen LogP contribution in [-0.2, 0) is 11.3 Å². The molecule has 1 aliphatic heterocycles. The molecule has 0 N–H and O–H groups in total. The van der Waals surface area contributed by atoms with Crippen molar-refractivity contribution in [1.82, 2.24) is 9.88 Å². The topological polar surface area (TPSA) is 45.7 Å². The minimum Gasteiger partial charge on any atom is -0.378 e. The van der Waals surface area contributed by atoms with Gasteiger partial charge in [-0.1, -0.05) is 48.0 Å². The van der Waals surface area contributed by atoms with E-state index in [1.54, 1.807) is 11.1 Å². The highest BCUT2D eigenvalue weighted by Crippen LogP contribution is 2.31. The van der Waals surface area contributed by atoms with Crippen LogP contribution in [0.4, 0.5) is 5.69 Å². The third kappa shape index (κ3) is 4.45. The van der Waals surface area contributed by atoms with Crippen LogP contribution in [0.15, 0.2) is 54.7 Å². The van der Waals surface area contributed by atoms with Crippen molar-refractivity contribution in [2.24, 2.45) is 0 Å². The first kappa shape index (κ1) is 19.9. The van der Waals surface area contributed by atoms with Crippen LogP contribution in [-0.4, -0.2) is 49.1 Å². The molecule has 0 aliphatic carbocycles. The molecule has 29 heavy (non-hydrogen) atoms. The molecule has 2 aromatic carbocycles. The van der Waals surface area contributed by atoms with Crippen molar-refractivity contribution in [2.45, 2.75) is 6.54 Å². The smallest absolute Gasteiger partial charge is 0.265 e. The van der Waals surface area contributed by atoms with Crippen molar-refractivity contribution >= 4 is 34.5 Å². The van der Waals surface area contributed by atoms with Crippen LogP contribution < -0.4 is 4.90 Å². The van der Waals surface area contributed by atoms with E-state index in [4.69, 9.17) is 16.3 Å². The fourth-order valence-corrected chi connectivity index (χ4v) is 4.64. The lowest BCUT2D eigenvalue weighted by molar-refractivity contribution is 0.0789. The monoisotopic (exact) mass is 427 g/mol. The maximum atomic E-state index is 13.0. The second-order valence-electron chi connectivity index (χ2n) is 6.90. The summed E-state index contributed by atoms with van der Waals surface area (Å²) in [6, 6.07) is 15.8. The van der Waals surface area contributed by atoms with Crippen LogP contribution in [0.5, 0.6) is 0 Å². The predicted octanol–water partition coefficient (Wildman–Crippen LogP) is 4.57. The van der Waals surface area contributed by atoms with Crippen LogP contribution in [0.1, 0.15) is 15.2 Å². The number of amides is 1. The second kappa shape index (κ2) is 8.95. The van der Waals surface area contributed by atoms with E-state index in [1.165, 1.54) is 11.3 Å². The van der Waals surface area contributed by atoms with Crippen LogP contribution in [0, 0.1) is 0 Å². The Bertz CT molecular complexity index is 1000. The first-order valence-corrected chi connectivity index (χ1v) is 10.7. The summed E-state index contributed by atoms with van der Waals surface area (Å²) < 4.78 is 5.46. The number of nitrogens with zero attached hydrogens (tertiary/aromatic N) is 3. The van der Waals surface area contributed by atoms with Gasteiger partial charge in [0.2, 0.25) is 0 Å². The molecule has 0 radical (unpaired) electrons. The van der Waals surface area contributed by atoms with Crippen molar-refractivity contribution in [3.8, 4) is 10.6 Å². The number of carbonyl (C=O) groups excluding carboxylic acids is 1. The summed E-state index contributed by atoms with van der Waals surface area (Å²) in [5.41, 5.74) is 3.14. The number of para-hydroxylation sites is 1. The summed E-state index contributed by atoms with van der Waals surface area (Å²) in [7, 11) is 1.83. The average molecular weight is 428 g/mol. The van der Waals surface area contributed by atoms with Gasteiger partial charge in [0.05, 0.1) is 24.4 Å². The van der Waals surface area contributed by atoms with E-state index in [1.807, 2.05) is 43.4 Å². The number of hydrogen-bond donors (Lipinski definition) is 0. The predicted molar refractivity (Wildman–Crippen MR) is 118 cm³/mol. The van der Waals surface area contributed by atoms with E-state index in [0.29, 0.717) is 16.4 Å². The molecule has 1 saturated heterocycles. The van der Waals surface area contributed by atoms with E-state index in [2.05, 4.69) is 22.0 Å². The maximum Gasteiger partial charge on any atom is 0.265 e. The van der Waals surface area contributed by atoms with Gasteiger partial charge >= 0.3 is 0 Å².